The Balaban J connectivity index is 1.10. The molecule has 0 aromatic rings. The smallest absolute Gasteiger partial charge is 0.239 e. The van der Waals surface area contributed by atoms with Gasteiger partial charge >= 0.3 is 0 Å². The van der Waals surface area contributed by atoms with Crippen LogP contribution in [0.4, 0.5) is 0 Å². The average Bonchev–Trinajstić information content (AvgIpc) is 2.68. The van der Waals surface area contributed by atoms with E-state index >= 15 is 0 Å². The molecule has 5 nitrogen and oxygen atoms in total. The highest BCUT2D eigenvalue weighted by molar-refractivity contribution is 5.03. The molecule has 2 saturated heterocycles. The van der Waals surface area contributed by atoms with Crippen molar-refractivity contribution >= 4 is 0 Å². The molecule has 2 heterocycles. The van der Waals surface area contributed by atoms with Crippen LogP contribution in [0.2, 0.25) is 0 Å². The van der Waals surface area contributed by atoms with Crippen LogP contribution in [0.5, 0.6) is 0 Å². The first-order valence-electron chi connectivity index (χ1n) is 11.2. The molecule has 5 saturated carbocycles. The summed E-state index contributed by atoms with van der Waals surface area (Å²) < 4.78 is 0. The summed E-state index contributed by atoms with van der Waals surface area (Å²) in [6, 6.07) is 0.685. The predicted octanol–water partition coefficient (Wildman–Crippen LogP) is 4.17. The normalized spacial score (nSPS) is 54.2. The van der Waals surface area contributed by atoms with Crippen molar-refractivity contribution in [2.45, 2.75) is 94.7 Å². The van der Waals surface area contributed by atoms with E-state index in [-0.39, 0.29) is 0 Å². The van der Waals surface area contributed by atoms with Crippen LogP contribution in [0.3, 0.4) is 0 Å². The standard InChI is InChI=1S/C21H33NO4/c1-2-8-22(9-3-1)19-4-6-20(7-5-19)23-25-21(26-24-20)17-11-15-10-16(13-17)14-18(21)12-15/h15-19H,1-14H2. The molecule has 0 N–H and O–H groups in total. The summed E-state index contributed by atoms with van der Waals surface area (Å²) in [7, 11) is 0. The van der Waals surface area contributed by atoms with Crippen molar-refractivity contribution < 1.29 is 19.6 Å². The summed E-state index contributed by atoms with van der Waals surface area (Å²) in [6.45, 7) is 2.53. The van der Waals surface area contributed by atoms with E-state index < -0.39 is 11.6 Å². The van der Waals surface area contributed by atoms with Crippen LogP contribution in [0, 0.1) is 23.7 Å². The molecule has 7 rings (SSSR count). The number of likely N-dealkylation sites (tertiary alicyclic amines) is 1. The summed E-state index contributed by atoms with van der Waals surface area (Å²) in [5.41, 5.74) is 0. The topological polar surface area (TPSA) is 40.2 Å². The van der Waals surface area contributed by atoms with Crippen molar-refractivity contribution in [3.05, 3.63) is 0 Å². The first-order chi connectivity index (χ1) is 12.7. The Labute approximate surface area is 156 Å². The first-order valence-corrected chi connectivity index (χ1v) is 11.2. The number of rotatable bonds is 1. The second-order valence-electron chi connectivity index (χ2n) is 10.1. The van der Waals surface area contributed by atoms with E-state index in [1.54, 1.807) is 0 Å². The van der Waals surface area contributed by atoms with E-state index in [0.29, 0.717) is 17.9 Å². The van der Waals surface area contributed by atoms with Gasteiger partial charge in [0.15, 0.2) is 0 Å². The van der Waals surface area contributed by atoms with Crippen LogP contribution in [0.1, 0.15) is 77.0 Å². The van der Waals surface area contributed by atoms with Gasteiger partial charge in [-0.05, 0) is 82.7 Å². The van der Waals surface area contributed by atoms with Gasteiger partial charge in [0.05, 0.1) is 0 Å². The lowest BCUT2D eigenvalue weighted by Gasteiger charge is -2.60. The van der Waals surface area contributed by atoms with Crippen molar-refractivity contribution in [1.82, 2.24) is 4.90 Å². The van der Waals surface area contributed by atoms with Crippen molar-refractivity contribution in [2.24, 2.45) is 23.7 Å². The molecule has 146 valence electrons. The van der Waals surface area contributed by atoms with Crippen LogP contribution in [-0.4, -0.2) is 35.6 Å². The zero-order valence-corrected chi connectivity index (χ0v) is 15.9. The van der Waals surface area contributed by atoms with Crippen molar-refractivity contribution in [1.29, 1.82) is 0 Å². The fourth-order valence-corrected chi connectivity index (χ4v) is 7.28. The number of piperidine rings is 1. The molecule has 2 aliphatic heterocycles. The maximum atomic E-state index is 6.16. The van der Waals surface area contributed by atoms with Gasteiger partial charge in [0.25, 0.3) is 0 Å². The third kappa shape index (κ3) is 2.54. The van der Waals surface area contributed by atoms with E-state index in [0.717, 1.165) is 37.5 Å². The summed E-state index contributed by atoms with van der Waals surface area (Å²) >= 11 is 0. The van der Waals surface area contributed by atoms with Crippen molar-refractivity contribution in [3.8, 4) is 0 Å². The summed E-state index contributed by atoms with van der Waals surface area (Å²) in [5.74, 6) is 1.41. The molecule has 0 aromatic carbocycles. The molecule has 26 heavy (non-hydrogen) atoms. The Morgan fingerprint density at radius 2 is 1.23 bits per heavy atom. The SMILES string of the molecule is C1CCN(C2CCC3(CC2)OOC2(OO3)C3CC4CC(C3)CC2C4)CC1. The lowest BCUT2D eigenvalue weighted by Crippen LogP contribution is -2.65. The molecule has 0 atom stereocenters. The zero-order chi connectivity index (χ0) is 17.2. The summed E-state index contributed by atoms with van der Waals surface area (Å²) in [4.78, 5) is 27.1. The zero-order valence-electron chi connectivity index (χ0n) is 15.9. The fourth-order valence-electron chi connectivity index (χ4n) is 7.28. The molecule has 7 aliphatic rings. The molecule has 0 unspecified atom stereocenters. The Morgan fingerprint density at radius 3 is 1.81 bits per heavy atom. The lowest BCUT2D eigenvalue weighted by atomic mass is 9.53. The number of hydrogen-bond acceptors (Lipinski definition) is 5. The van der Waals surface area contributed by atoms with Gasteiger partial charge in [0.1, 0.15) is 0 Å². The first kappa shape index (κ1) is 16.7. The second kappa shape index (κ2) is 6.15. The number of nitrogens with zero attached hydrogens (tertiary/aromatic N) is 1. The van der Waals surface area contributed by atoms with Crippen molar-refractivity contribution in [3.63, 3.8) is 0 Å². The Bertz CT molecular complexity index is 498. The van der Waals surface area contributed by atoms with E-state index in [9.17, 15) is 0 Å². The largest absolute Gasteiger partial charge is 0.300 e. The van der Waals surface area contributed by atoms with Crippen LogP contribution in [-0.2, 0) is 19.6 Å². The highest BCUT2D eigenvalue weighted by atomic mass is 17.4. The Kier molecular flexibility index (Phi) is 3.96. The average molecular weight is 363 g/mol. The molecule has 0 radical (unpaired) electrons. The molecule has 2 spiro atoms. The van der Waals surface area contributed by atoms with Gasteiger partial charge in [-0.15, -0.1) is 0 Å². The van der Waals surface area contributed by atoms with Gasteiger partial charge in [0.2, 0.25) is 11.6 Å². The molecule has 4 bridgehead atoms. The van der Waals surface area contributed by atoms with Gasteiger partial charge < -0.3 is 4.90 Å². The van der Waals surface area contributed by atoms with E-state index in [1.165, 1.54) is 64.5 Å². The van der Waals surface area contributed by atoms with Crippen LogP contribution in [0.15, 0.2) is 0 Å². The minimum absolute atomic E-state index is 0.459. The second-order valence-corrected chi connectivity index (χ2v) is 10.1. The van der Waals surface area contributed by atoms with E-state index in [2.05, 4.69) is 4.90 Å². The van der Waals surface area contributed by atoms with Crippen LogP contribution in [0.25, 0.3) is 0 Å². The fraction of sp³-hybridized carbons (Fsp3) is 1.00. The quantitative estimate of drug-likeness (QED) is 0.654. The van der Waals surface area contributed by atoms with Crippen molar-refractivity contribution in [2.75, 3.05) is 13.1 Å². The van der Waals surface area contributed by atoms with E-state index in [1.807, 2.05) is 0 Å². The molecular formula is C21H33NO4. The highest BCUT2D eigenvalue weighted by Gasteiger charge is 2.64. The van der Waals surface area contributed by atoms with Gasteiger partial charge in [-0.25, -0.2) is 0 Å². The Morgan fingerprint density at radius 1 is 0.654 bits per heavy atom. The molecule has 5 heteroatoms. The predicted molar refractivity (Wildman–Crippen MR) is 94.5 cm³/mol. The minimum Gasteiger partial charge on any atom is -0.300 e. The van der Waals surface area contributed by atoms with Gasteiger partial charge in [-0.2, -0.15) is 19.6 Å². The number of hydrogen-bond donors (Lipinski definition) is 0. The van der Waals surface area contributed by atoms with Gasteiger partial charge in [-0.3, -0.25) is 0 Å². The summed E-state index contributed by atoms with van der Waals surface area (Å²) in [5, 5.41) is 0. The third-order valence-corrected chi connectivity index (χ3v) is 8.55. The Hall–Kier alpha value is -0.200. The maximum absolute atomic E-state index is 6.16. The monoisotopic (exact) mass is 363 g/mol. The van der Waals surface area contributed by atoms with Crippen LogP contribution >= 0.6 is 0 Å². The molecule has 7 fully saturated rings. The summed E-state index contributed by atoms with van der Waals surface area (Å²) in [6.07, 6.45) is 14.4. The maximum Gasteiger partial charge on any atom is 0.239 e. The molecular weight excluding hydrogens is 330 g/mol. The highest BCUT2D eigenvalue weighted by Crippen LogP contribution is 2.61. The van der Waals surface area contributed by atoms with Crippen LogP contribution < -0.4 is 0 Å². The van der Waals surface area contributed by atoms with E-state index in [4.69, 9.17) is 19.6 Å². The molecule has 5 aliphatic carbocycles. The molecule has 0 amide bonds. The van der Waals surface area contributed by atoms with Gasteiger partial charge in [0, 0.05) is 30.7 Å². The minimum atomic E-state index is -0.661. The van der Waals surface area contributed by atoms with Gasteiger partial charge in [-0.1, -0.05) is 6.42 Å². The molecule has 0 aromatic heterocycles. The lowest BCUT2D eigenvalue weighted by molar-refractivity contribution is -0.680. The third-order valence-electron chi connectivity index (χ3n) is 8.55.